The normalized spacial score (nSPS) is 25.1. The second kappa shape index (κ2) is 16.9. The molecule has 4 aromatic rings. The monoisotopic (exact) mass is 848 g/mol. The van der Waals surface area contributed by atoms with E-state index >= 15 is 0 Å². The Morgan fingerprint density at radius 1 is 0.629 bits per heavy atom. The van der Waals surface area contributed by atoms with Crippen molar-refractivity contribution in [1.29, 1.82) is 0 Å². The number of carbonyl (C=O) groups is 4. The number of aromatic nitrogens is 4. The van der Waals surface area contributed by atoms with E-state index in [4.69, 9.17) is 28.9 Å². The molecule has 5 aliphatic rings. The summed E-state index contributed by atoms with van der Waals surface area (Å²) in [4.78, 5) is 73.7. The molecule has 0 bridgehead atoms. The van der Waals surface area contributed by atoms with Gasteiger partial charge in [0.1, 0.15) is 23.7 Å². The first kappa shape index (κ1) is 41.6. The molecule has 10 unspecified atom stereocenters. The van der Waals surface area contributed by atoms with E-state index in [1.165, 1.54) is 28.4 Å². The average Bonchev–Trinajstić information content (AvgIpc) is 4.14. The van der Waals surface area contributed by atoms with Gasteiger partial charge in [-0.15, -0.1) is 0 Å². The van der Waals surface area contributed by atoms with Crippen LogP contribution >= 0.6 is 0 Å². The van der Waals surface area contributed by atoms with Gasteiger partial charge in [-0.3, -0.25) is 9.59 Å². The van der Waals surface area contributed by atoms with Crippen LogP contribution in [0.2, 0.25) is 0 Å². The first-order chi connectivity index (χ1) is 30.0. The molecule has 4 heterocycles. The summed E-state index contributed by atoms with van der Waals surface area (Å²) < 4.78 is 20.8. The van der Waals surface area contributed by atoms with Gasteiger partial charge in [0.15, 0.2) is 0 Å². The highest BCUT2D eigenvalue weighted by Crippen LogP contribution is 2.51. The van der Waals surface area contributed by atoms with Crippen LogP contribution in [0.5, 0.6) is 0 Å². The third kappa shape index (κ3) is 7.20. The fraction of sp³-hybridized carbons (Fsp3) is 0.522. The number of H-pyrrole nitrogens is 2. The van der Waals surface area contributed by atoms with Gasteiger partial charge in [-0.05, 0) is 98.6 Å². The number of benzene rings is 2. The SMILES string of the molecule is COC(=O)NC(C(=O)N1C(c2ncc(-c3ccc4c(c3)-c3ccc(-c5cnc(C6CC7CCCC7N6C(=O)C(NC(=O)OC)C(C)OC)[nH]5)cc3-4)[nH]2)CC2CCCC21)C(C)OC. The number of hydrogen-bond donors (Lipinski definition) is 4. The lowest BCUT2D eigenvalue weighted by Gasteiger charge is -2.34. The quantitative estimate of drug-likeness (QED) is 0.108. The summed E-state index contributed by atoms with van der Waals surface area (Å²) in [6, 6.07) is 10.6. The first-order valence-corrected chi connectivity index (χ1v) is 21.8. The minimum absolute atomic E-state index is 0.0687. The number of aromatic amines is 2. The summed E-state index contributed by atoms with van der Waals surface area (Å²) >= 11 is 0. The van der Waals surface area contributed by atoms with Crippen LogP contribution in [0.3, 0.4) is 0 Å². The van der Waals surface area contributed by atoms with Crippen molar-refractivity contribution in [2.45, 2.75) is 114 Å². The first-order valence-electron chi connectivity index (χ1n) is 21.8. The summed E-state index contributed by atoms with van der Waals surface area (Å²) in [5, 5.41) is 5.42. The highest BCUT2D eigenvalue weighted by molar-refractivity contribution is 6.04. The summed E-state index contributed by atoms with van der Waals surface area (Å²) in [7, 11) is 5.62. The molecule has 2 aromatic carbocycles. The van der Waals surface area contributed by atoms with Crippen LogP contribution in [0.25, 0.3) is 44.8 Å². The predicted molar refractivity (Wildman–Crippen MR) is 228 cm³/mol. The number of rotatable bonds is 12. The summed E-state index contributed by atoms with van der Waals surface area (Å²) in [6.45, 7) is 3.54. The number of nitrogens with zero attached hydrogens (tertiary/aromatic N) is 4. The van der Waals surface area contributed by atoms with Crippen molar-refractivity contribution in [3.05, 3.63) is 60.4 Å². The molecule has 62 heavy (non-hydrogen) atoms. The van der Waals surface area contributed by atoms with Gasteiger partial charge in [-0.1, -0.05) is 37.1 Å². The lowest BCUT2D eigenvalue weighted by Crippen LogP contribution is -2.55. The maximum atomic E-state index is 14.2. The molecule has 2 saturated carbocycles. The third-order valence-corrected chi connectivity index (χ3v) is 14.4. The smallest absolute Gasteiger partial charge is 0.407 e. The Balaban J connectivity index is 0.927. The van der Waals surface area contributed by atoms with E-state index in [0.717, 1.165) is 108 Å². The Morgan fingerprint density at radius 2 is 1.05 bits per heavy atom. The van der Waals surface area contributed by atoms with Gasteiger partial charge in [0.05, 0.1) is 62.3 Å². The van der Waals surface area contributed by atoms with E-state index in [0.29, 0.717) is 11.8 Å². The van der Waals surface area contributed by atoms with Gasteiger partial charge >= 0.3 is 12.2 Å². The molecule has 0 radical (unpaired) electrons. The molecule has 16 nitrogen and oxygen atoms in total. The molecule has 2 saturated heterocycles. The zero-order valence-corrected chi connectivity index (χ0v) is 36.1. The van der Waals surface area contributed by atoms with Crippen LogP contribution in [-0.4, -0.2) is 119 Å². The molecule has 16 heteroatoms. The Morgan fingerprint density at radius 3 is 1.44 bits per heavy atom. The number of nitrogens with one attached hydrogen (secondary N) is 4. The minimum Gasteiger partial charge on any atom is -0.453 e. The molecule has 2 aliphatic heterocycles. The lowest BCUT2D eigenvalue weighted by molar-refractivity contribution is -0.140. The van der Waals surface area contributed by atoms with Crippen molar-refractivity contribution in [2.75, 3.05) is 28.4 Å². The summed E-state index contributed by atoms with van der Waals surface area (Å²) in [6.07, 6.45) is 8.84. The molecule has 0 spiro atoms. The Kier molecular flexibility index (Phi) is 11.3. The standard InChI is InChI=1S/C46H56N8O8/c1-23(59-3)39(51-45(57)61-5)43(55)53-35-11-7-9-27(35)19-37(53)41-47-21-33(49-41)25-13-15-29-31(17-25)30-16-14-26(18-32(29)30)34-22-48-42(50-34)38-20-28-10-8-12-36(28)54(38)44(56)40(24(2)60-4)52-46(58)62-6/h13-18,21-24,27-28,35-40H,7-12,19-20H2,1-6H3,(H,47,49)(H,48,50)(H,51,57)(H,52,58). The Hall–Kier alpha value is -5.74. The molecular weight excluding hydrogens is 793 g/mol. The van der Waals surface area contributed by atoms with Crippen molar-refractivity contribution >= 4 is 24.0 Å². The maximum absolute atomic E-state index is 14.2. The number of alkyl carbamates (subject to hydrolysis) is 2. The minimum atomic E-state index is -0.901. The molecule has 4 amide bonds. The van der Waals surface area contributed by atoms with Crippen molar-refractivity contribution in [1.82, 2.24) is 40.4 Å². The van der Waals surface area contributed by atoms with Crippen LogP contribution in [0.4, 0.5) is 9.59 Å². The Labute approximate surface area is 360 Å². The maximum Gasteiger partial charge on any atom is 0.407 e. The topological polar surface area (TPSA) is 193 Å². The molecule has 328 valence electrons. The van der Waals surface area contributed by atoms with E-state index in [2.05, 4.69) is 57.0 Å². The zero-order valence-electron chi connectivity index (χ0n) is 36.1. The van der Waals surface area contributed by atoms with Crippen molar-refractivity contribution < 1.29 is 38.1 Å². The molecule has 9 rings (SSSR count). The van der Waals surface area contributed by atoms with Crippen LogP contribution < -0.4 is 10.6 Å². The average molecular weight is 849 g/mol. The number of fused-ring (bicyclic) bond motifs is 6. The van der Waals surface area contributed by atoms with Gasteiger partial charge in [-0.25, -0.2) is 19.6 Å². The van der Waals surface area contributed by atoms with Crippen molar-refractivity contribution in [3.63, 3.8) is 0 Å². The van der Waals surface area contributed by atoms with Gasteiger partial charge in [0, 0.05) is 37.4 Å². The van der Waals surface area contributed by atoms with E-state index in [1.54, 1.807) is 13.8 Å². The van der Waals surface area contributed by atoms with E-state index in [-0.39, 0.29) is 36.0 Å². The predicted octanol–water partition coefficient (Wildman–Crippen LogP) is 6.52. The van der Waals surface area contributed by atoms with E-state index in [9.17, 15) is 19.2 Å². The number of carbonyl (C=O) groups excluding carboxylic acids is 4. The number of likely N-dealkylation sites (tertiary alicyclic amines) is 2. The van der Waals surface area contributed by atoms with Gasteiger partial charge in [0.25, 0.3) is 0 Å². The highest BCUT2D eigenvalue weighted by atomic mass is 16.5. The molecule has 4 fully saturated rings. The second-order valence-corrected chi connectivity index (χ2v) is 17.5. The summed E-state index contributed by atoms with van der Waals surface area (Å²) in [5.41, 5.74) is 8.32. The second-order valence-electron chi connectivity index (χ2n) is 17.5. The highest BCUT2D eigenvalue weighted by Gasteiger charge is 2.51. The van der Waals surface area contributed by atoms with Gasteiger partial charge < -0.3 is 49.3 Å². The lowest BCUT2D eigenvalue weighted by atomic mass is 9.78. The third-order valence-electron chi connectivity index (χ3n) is 14.4. The fourth-order valence-electron chi connectivity index (χ4n) is 11.0. The van der Waals surface area contributed by atoms with Crippen molar-refractivity contribution in [3.8, 4) is 44.8 Å². The van der Waals surface area contributed by atoms with Crippen LogP contribution in [-0.2, 0) is 28.5 Å². The van der Waals surface area contributed by atoms with Gasteiger partial charge in [-0.2, -0.15) is 0 Å². The van der Waals surface area contributed by atoms with E-state index < -0.39 is 36.5 Å². The Bertz CT molecular complexity index is 2180. The number of ether oxygens (including phenoxy) is 4. The number of imidazole rings is 2. The van der Waals surface area contributed by atoms with Crippen LogP contribution in [0.1, 0.15) is 88.9 Å². The molecule has 10 atom stereocenters. The van der Waals surface area contributed by atoms with E-state index in [1.807, 2.05) is 22.2 Å². The zero-order chi connectivity index (χ0) is 43.4. The molecule has 2 aromatic heterocycles. The van der Waals surface area contributed by atoms with Gasteiger partial charge in [0.2, 0.25) is 11.8 Å². The largest absolute Gasteiger partial charge is 0.453 e. The van der Waals surface area contributed by atoms with Crippen LogP contribution in [0, 0.1) is 11.8 Å². The molecule has 4 N–H and O–H groups in total. The molecule has 3 aliphatic carbocycles. The number of amides is 4. The fourth-order valence-corrected chi connectivity index (χ4v) is 11.0. The van der Waals surface area contributed by atoms with Crippen molar-refractivity contribution in [2.24, 2.45) is 11.8 Å². The summed E-state index contributed by atoms with van der Waals surface area (Å²) in [5.74, 6) is 1.79. The van der Waals surface area contributed by atoms with Crippen LogP contribution in [0.15, 0.2) is 48.8 Å². The number of hydrogen-bond acceptors (Lipinski definition) is 10. The number of methoxy groups -OCH3 is 4. The molecular formula is C46H56N8O8.